The molecule has 3 aromatic carbocycles. The molecule has 0 amide bonds. The number of piperidine rings is 1. The van der Waals surface area contributed by atoms with E-state index >= 15 is 0 Å². The first-order valence-electron chi connectivity index (χ1n) is 12.2. The molecule has 0 spiro atoms. The summed E-state index contributed by atoms with van der Waals surface area (Å²) in [5.41, 5.74) is 3.04. The van der Waals surface area contributed by atoms with Gasteiger partial charge in [0.05, 0.1) is 11.0 Å². The van der Waals surface area contributed by atoms with Gasteiger partial charge < -0.3 is 19.4 Å². The van der Waals surface area contributed by atoms with Crippen LogP contribution in [0.15, 0.2) is 60.7 Å². The lowest BCUT2D eigenvalue weighted by Gasteiger charge is -2.23. The number of hydrogen-bond acceptors (Lipinski definition) is 4. The first-order chi connectivity index (χ1) is 17.1. The van der Waals surface area contributed by atoms with E-state index in [9.17, 15) is 0 Å². The molecule has 5 nitrogen and oxygen atoms in total. The first-order valence-corrected chi connectivity index (χ1v) is 13.0. The number of aromatic nitrogens is 2. The summed E-state index contributed by atoms with van der Waals surface area (Å²) in [6.07, 6.45) is 4.48. The zero-order chi connectivity index (χ0) is 24.2. The lowest BCUT2D eigenvalue weighted by atomic mass is 10.1. The lowest BCUT2D eigenvalue weighted by Crippen LogP contribution is -2.34. The van der Waals surface area contributed by atoms with Crippen LogP contribution in [0, 0.1) is 0 Å². The second-order valence-electron chi connectivity index (χ2n) is 8.89. The van der Waals surface area contributed by atoms with Crippen molar-refractivity contribution in [3.05, 3.63) is 70.7 Å². The highest BCUT2D eigenvalue weighted by molar-refractivity contribution is 6.34. The molecule has 0 aliphatic carbocycles. The minimum Gasteiger partial charge on any atom is -0.490 e. The zero-order valence-electron chi connectivity index (χ0n) is 19.8. The highest BCUT2D eigenvalue weighted by Crippen LogP contribution is 2.33. The second-order valence-corrected chi connectivity index (χ2v) is 9.77. The van der Waals surface area contributed by atoms with Crippen molar-refractivity contribution >= 4 is 34.2 Å². The quantitative estimate of drug-likeness (QED) is 0.264. The molecular formula is C28H29Cl2N3O2. The molecule has 2 heterocycles. The monoisotopic (exact) mass is 509 g/mol. The fraction of sp³-hybridized carbons (Fsp3) is 0.321. The number of hydrogen-bond donors (Lipinski definition) is 1. The summed E-state index contributed by atoms with van der Waals surface area (Å²) in [4.78, 5) is 5.00. The number of halogens is 2. The van der Waals surface area contributed by atoms with Crippen molar-refractivity contribution in [3.8, 4) is 28.6 Å². The molecule has 0 atom stereocenters. The summed E-state index contributed by atoms with van der Waals surface area (Å²) < 4.78 is 14.7. The van der Waals surface area contributed by atoms with E-state index in [2.05, 4.69) is 35.0 Å². The topological polar surface area (TPSA) is 48.3 Å². The van der Waals surface area contributed by atoms with Crippen LogP contribution in [-0.2, 0) is 6.54 Å². The molecule has 1 saturated heterocycles. The van der Waals surface area contributed by atoms with Crippen LogP contribution in [0.3, 0.4) is 0 Å². The normalized spacial score (nSPS) is 14.4. The Morgan fingerprint density at radius 1 is 0.943 bits per heavy atom. The van der Waals surface area contributed by atoms with Gasteiger partial charge in [0, 0.05) is 28.2 Å². The van der Waals surface area contributed by atoms with Gasteiger partial charge in [-0.2, -0.15) is 0 Å². The van der Waals surface area contributed by atoms with Gasteiger partial charge in [0.15, 0.2) is 0 Å². The summed E-state index contributed by atoms with van der Waals surface area (Å²) >= 11 is 12.3. The van der Waals surface area contributed by atoms with Crippen LogP contribution in [0.4, 0.5) is 0 Å². The van der Waals surface area contributed by atoms with Crippen molar-refractivity contribution in [1.29, 1.82) is 0 Å². The van der Waals surface area contributed by atoms with E-state index in [1.54, 1.807) is 18.2 Å². The van der Waals surface area contributed by atoms with Crippen LogP contribution in [0.1, 0.15) is 32.6 Å². The van der Waals surface area contributed by atoms with Crippen LogP contribution < -0.4 is 14.8 Å². The van der Waals surface area contributed by atoms with Crippen LogP contribution in [0.2, 0.25) is 10.0 Å². The molecular weight excluding hydrogens is 481 g/mol. The number of nitrogens with zero attached hydrogens (tertiary/aromatic N) is 2. The van der Waals surface area contributed by atoms with Gasteiger partial charge in [0.25, 0.3) is 0 Å². The van der Waals surface area contributed by atoms with E-state index in [-0.39, 0.29) is 6.10 Å². The van der Waals surface area contributed by atoms with Crippen molar-refractivity contribution in [1.82, 2.24) is 14.9 Å². The number of aryl methyl sites for hydroxylation is 1. The van der Waals surface area contributed by atoms with Gasteiger partial charge >= 0.3 is 0 Å². The summed E-state index contributed by atoms with van der Waals surface area (Å²) in [6, 6.07) is 19.4. The van der Waals surface area contributed by atoms with Crippen molar-refractivity contribution in [2.24, 2.45) is 0 Å². The minimum absolute atomic E-state index is 0.258. The van der Waals surface area contributed by atoms with Crippen molar-refractivity contribution in [2.45, 2.75) is 45.3 Å². The third kappa shape index (κ3) is 5.75. The van der Waals surface area contributed by atoms with Gasteiger partial charge in [-0.25, -0.2) is 4.98 Å². The van der Waals surface area contributed by atoms with Gasteiger partial charge in [-0.15, -0.1) is 0 Å². The molecule has 1 aliphatic heterocycles. The predicted octanol–water partition coefficient (Wildman–Crippen LogP) is 7.73. The molecule has 1 aliphatic rings. The standard InChI is InChI=1S/C28H29Cl2N3O2/c1-2-3-13-33-27-18-24(34-22-9-11-31-12-10-22)7-8-26(27)32-28(33)19-5-4-6-23(14-19)35-25-16-20(29)15-21(30)17-25/h4-8,14-18,22,31H,2-3,9-13H2,1H3. The highest BCUT2D eigenvalue weighted by atomic mass is 35.5. The fourth-order valence-corrected chi connectivity index (χ4v) is 4.97. The van der Waals surface area contributed by atoms with Crippen molar-refractivity contribution < 1.29 is 9.47 Å². The van der Waals surface area contributed by atoms with Gasteiger partial charge in [-0.1, -0.05) is 48.7 Å². The molecule has 1 N–H and O–H groups in total. The number of imidazole rings is 1. The molecule has 1 aromatic heterocycles. The molecule has 7 heteroatoms. The van der Waals surface area contributed by atoms with E-state index in [4.69, 9.17) is 37.7 Å². The highest BCUT2D eigenvalue weighted by Gasteiger charge is 2.17. The molecule has 0 saturated carbocycles. The number of benzene rings is 3. The maximum absolute atomic E-state index is 6.32. The Kier molecular flexibility index (Phi) is 7.47. The molecule has 35 heavy (non-hydrogen) atoms. The Morgan fingerprint density at radius 2 is 1.74 bits per heavy atom. The second kappa shape index (κ2) is 10.9. The van der Waals surface area contributed by atoms with Gasteiger partial charge in [0.2, 0.25) is 0 Å². The SMILES string of the molecule is CCCCn1c(-c2cccc(Oc3cc(Cl)cc(Cl)c3)c2)nc2ccc(OC3CCNCC3)cc21. The Balaban J connectivity index is 1.48. The Hall–Kier alpha value is -2.73. The summed E-state index contributed by atoms with van der Waals surface area (Å²) in [7, 11) is 0. The van der Waals surface area contributed by atoms with Gasteiger partial charge in [0.1, 0.15) is 29.2 Å². The summed E-state index contributed by atoms with van der Waals surface area (Å²) in [6.45, 7) is 5.10. The maximum Gasteiger partial charge on any atom is 0.141 e. The Labute approximate surface area is 216 Å². The minimum atomic E-state index is 0.258. The third-order valence-corrected chi connectivity index (χ3v) is 6.64. The van der Waals surface area contributed by atoms with Crippen LogP contribution in [-0.4, -0.2) is 28.7 Å². The van der Waals surface area contributed by atoms with Crippen molar-refractivity contribution in [2.75, 3.05) is 13.1 Å². The molecule has 0 bridgehead atoms. The van der Waals surface area contributed by atoms with Crippen LogP contribution in [0.5, 0.6) is 17.2 Å². The number of nitrogens with one attached hydrogen (secondary N) is 1. The Bertz CT molecular complexity index is 1290. The smallest absolute Gasteiger partial charge is 0.141 e. The van der Waals surface area contributed by atoms with Crippen molar-refractivity contribution in [3.63, 3.8) is 0 Å². The average Bonchev–Trinajstić information content (AvgIpc) is 3.21. The zero-order valence-corrected chi connectivity index (χ0v) is 21.3. The largest absolute Gasteiger partial charge is 0.490 e. The molecule has 0 radical (unpaired) electrons. The molecule has 5 rings (SSSR count). The lowest BCUT2D eigenvalue weighted by molar-refractivity contribution is 0.162. The fourth-order valence-electron chi connectivity index (χ4n) is 4.47. The molecule has 0 unspecified atom stereocenters. The van der Waals surface area contributed by atoms with E-state index in [1.807, 2.05) is 24.3 Å². The van der Waals surface area contributed by atoms with E-state index in [1.165, 1.54) is 0 Å². The van der Waals surface area contributed by atoms with Crippen LogP contribution >= 0.6 is 23.2 Å². The summed E-state index contributed by atoms with van der Waals surface area (Å²) in [5, 5.41) is 4.46. The number of unbranched alkanes of at least 4 members (excludes halogenated alkanes) is 1. The average molecular weight is 510 g/mol. The van der Waals surface area contributed by atoms with E-state index < -0.39 is 0 Å². The molecule has 1 fully saturated rings. The number of ether oxygens (including phenoxy) is 2. The predicted molar refractivity (Wildman–Crippen MR) is 143 cm³/mol. The number of fused-ring (bicyclic) bond motifs is 1. The third-order valence-electron chi connectivity index (χ3n) is 6.21. The van der Waals surface area contributed by atoms with Crippen LogP contribution in [0.25, 0.3) is 22.4 Å². The maximum atomic E-state index is 6.32. The first kappa shape index (κ1) is 24.0. The number of rotatable bonds is 8. The van der Waals surface area contributed by atoms with Gasteiger partial charge in [-0.3, -0.25) is 0 Å². The molecule has 182 valence electrons. The summed E-state index contributed by atoms with van der Waals surface area (Å²) in [5.74, 6) is 3.12. The van der Waals surface area contributed by atoms with E-state index in [0.29, 0.717) is 21.5 Å². The Morgan fingerprint density at radius 3 is 2.51 bits per heavy atom. The van der Waals surface area contributed by atoms with Gasteiger partial charge in [-0.05, 0) is 74.8 Å². The molecule has 4 aromatic rings. The van der Waals surface area contributed by atoms with E-state index in [0.717, 1.165) is 73.5 Å².